The summed E-state index contributed by atoms with van der Waals surface area (Å²) in [5.74, 6) is 0. The van der Waals surface area contributed by atoms with Crippen LogP contribution in [0.4, 0.5) is 0 Å². The number of rotatable bonds is 14. The molecule has 0 saturated heterocycles. The summed E-state index contributed by atoms with van der Waals surface area (Å²) in [7, 11) is -1.98. The van der Waals surface area contributed by atoms with Crippen LogP contribution in [0.15, 0.2) is 0 Å². The molecule has 0 aliphatic heterocycles. The average molecular weight is 355 g/mol. The second-order valence-corrected chi connectivity index (χ2v) is 7.62. The molecule has 0 N–H and O–H groups in total. The highest BCUT2D eigenvalue weighted by Crippen LogP contribution is 2.14. The summed E-state index contributed by atoms with van der Waals surface area (Å²) in [5, 5.41) is 0. The molecule has 0 heterocycles. The topological polar surface area (TPSA) is 46.2 Å². The third kappa shape index (κ3) is 15.1. The van der Waals surface area contributed by atoms with E-state index in [0.29, 0.717) is 26.4 Å². The van der Waals surface area contributed by atoms with Gasteiger partial charge in [-0.15, -0.1) is 0 Å². The van der Waals surface area contributed by atoms with E-state index in [0.717, 1.165) is 49.2 Å². The third-order valence-electron chi connectivity index (χ3n) is 2.34. The monoisotopic (exact) mass is 354 g/mol. The lowest BCUT2D eigenvalue weighted by molar-refractivity contribution is -0.0347. The van der Waals surface area contributed by atoms with Crippen LogP contribution in [0.2, 0.25) is 0 Å². The standard InChI is InChI=1S/C12H28O4Si.C3H10OSi/c1-5-9-13-17(14-10-6-2,15-11-7-3)16-12-8-4;1-2-3-4-5/h5-12H2,1-4H3;2-3H2,1,5H3. The van der Waals surface area contributed by atoms with E-state index in [2.05, 4.69) is 34.6 Å². The van der Waals surface area contributed by atoms with E-state index in [4.69, 9.17) is 22.1 Å². The molecule has 0 unspecified atom stereocenters. The minimum absolute atomic E-state index is 0.628. The summed E-state index contributed by atoms with van der Waals surface area (Å²) in [6.45, 7) is 13.8. The first-order valence-corrected chi connectivity index (χ1v) is 11.2. The first-order valence-electron chi connectivity index (χ1n) is 8.70. The summed E-state index contributed by atoms with van der Waals surface area (Å²) in [4.78, 5) is 0. The van der Waals surface area contributed by atoms with E-state index < -0.39 is 9.05 Å². The van der Waals surface area contributed by atoms with Gasteiger partial charge in [-0.05, 0) is 32.1 Å². The molecule has 0 amide bonds. The van der Waals surface area contributed by atoms with Gasteiger partial charge in [0.25, 0.3) is 0 Å². The molecular weight excluding hydrogens is 316 g/mol. The Morgan fingerprint density at radius 3 is 0.955 bits per heavy atom. The van der Waals surface area contributed by atoms with Crippen molar-refractivity contribution in [1.29, 1.82) is 0 Å². The highest BCUT2D eigenvalue weighted by atomic mass is 28.4. The fourth-order valence-electron chi connectivity index (χ4n) is 1.36. The Hall–Kier alpha value is 0.234. The van der Waals surface area contributed by atoms with Crippen molar-refractivity contribution in [2.75, 3.05) is 33.0 Å². The minimum atomic E-state index is -2.88. The van der Waals surface area contributed by atoms with Crippen LogP contribution in [0, 0.1) is 0 Å². The fraction of sp³-hybridized carbons (Fsp3) is 1.00. The zero-order valence-electron chi connectivity index (χ0n) is 15.6. The fourth-order valence-corrected chi connectivity index (χ4v) is 4.09. The number of hydrogen-bond donors (Lipinski definition) is 0. The maximum Gasteiger partial charge on any atom is 0.679 e. The van der Waals surface area contributed by atoms with Gasteiger partial charge >= 0.3 is 9.05 Å². The maximum absolute atomic E-state index is 5.76. The molecule has 136 valence electrons. The van der Waals surface area contributed by atoms with E-state index in [1.165, 1.54) is 0 Å². The van der Waals surface area contributed by atoms with Crippen molar-refractivity contribution in [3.8, 4) is 0 Å². The van der Waals surface area contributed by atoms with Gasteiger partial charge in [0.15, 0.2) is 0 Å². The molecule has 0 saturated carbocycles. The molecule has 0 radical (unpaired) electrons. The van der Waals surface area contributed by atoms with E-state index >= 15 is 0 Å². The van der Waals surface area contributed by atoms with Gasteiger partial charge in [-0.3, -0.25) is 0 Å². The van der Waals surface area contributed by atoms with Gasteiger partial charge in [0, 0.05) is 33.0 Å². The molecule has 0 atom stereocenters. The maximum atomic E-state index is 5.76. The van der Waals surface area contributed by atoms with E-state index in [1.807, 2.05) is 0 Å². The zero-order chi connectivity index (χ0) is 17.1. The Kier molecular flexibility index (Phi) is 21.5. The Morgan fingerprint density at radius 1 is 0.545 bits per heavy atom. The van der Waals surface area contributed by atoms with E-state index in [1.54, 1.807) is 0 Å². The van der Waals surface area contributed by atoms with Crippen molar-refractivity contribution in [2.45, 2.75) is 66.7 Å². The van der Waals surface area contributed by atoms with Gasteiger partial charge in [-0.2, -0.15) is 0 Å². The molecule has 0 bridgehead atoms. The van der Waals surface area contributed by atoms with E-state index in [-0.39, 0.29) is 0 Å². The molecule has 0 rings (SSSR count). The third-order valence-corrected chi connectivity index (χ3v) is 4.98. The molecule has 0 aromatic carbocycles. The van der Waals surface area contributed by atoms with Crippen LogP contribution >= 0.6 is 0 Å². The first-order chi connectivity index (χ1) is 10.7. The Labute approximate surface area is 142 Å². The van der Waals surface area contributed by atoms with Crippen molar-refractivity contribution in [3.05, 3.63) is 0 Å². The second kappa shape index (κ2) is 19.3. The molecule has 5 nitrogen and oxygen atoms in total. The molecule has 0 aliphatic carbocycles. The van der Waals surface area contributed by atoms with Crippen LogP contribution in [-0.4, -0.2) is 52.6 Å². The molecule has 0 aromatic rings. The van der Waals surface area contributed by atoms with Crippen molar-refractivity contribution in [2.24, 2.45) is 0 Å². The molecule has 0 aliphatic rings. The summed E-state index contributed by atoms with van der Waals surface area (Å²) in [5.41, 5.74) is 0. The SMILES string of the molecule is CCCO[SiH3].CCCO[Si](OCCC)(OCCC)OCCC. The highest BCUT2D eigenvalue weighted by Gasteiger charge is 2.45. The van der Waals surface area contributed by atoms with Crippen molar-refractivity contribution in [1.82, 2.24) is 0 Å². The van der Waals surface area contributed by atoms with Gasteiger partial charge < -0.3 is 22.1 Å². The lowest BCUT2D eigenvalue weighted by atomic mass is 10.5. The molecule has 0 aromatic heterocycles. The van der Waals surface area contributed by atoms with Crippen LogP contribution in [0.25, 0.3) is 0 Å². The lowest BCUT2D eigenvalue weighted by Gasteiger charge is -2.27. The second-order valence-electron chi connectivity index (χ2n) is 4.89. The van der Waals surface area contributed by atoms with Crippen LogP contribution in [0.5, 0.6) is 0 Å². The molecular formula is C15H38O5Si2. The van der Waals surface area contributed by atoms with Crippen LogP contribution < -0.4 is 0 Å². The van der Waals surface area contributed by atoms with Gasteiger partial charge in [0.2, 0.25) is 0 Å². The zero-order valence-corrected chi connectivity index (χ0v) is 18.6. The van der Waals surface area contributed by atoms with Gasteiger partial charge in [-0.25, -0.2) is 0 Å². The van der Waals surface area contributed by atoms with Gasteiger partial charge in [-0.1, -0.05) is 34.6 Å². The average Bonchev–Trinajstić information content (AvgIpc) is 2.55. The predicted octanol–water partition coefficient (Wildman–Crippen LogP) is 2.82. The highest BCUT2D eigenvalue weighted by molar-refractivity contribution is 6.53. The minimum Gasteiger partial charge on any atom is -0.428 e. The number of hydrogen-bond acceptors (Lipinski definition) is 5. The normalized spacial score (nSPS) is 11.3. The van der Waals surface area contributed by atoms with Crippen LogP contribution in [-0.2, 0) is 22.1 Å². The summed E-state index contributed by atoms with van der Waals surface area (Å²) >= 11 is 0. The van der Waals surface area contributed by atoms with E-state index in [9.17, 15) is 0 Å². The summed E-state index contributed by atoms with van der Waals surface area (Å²) in [6.07, 6.45) is 4.91. The Bertz CT molecular complexity index is 169. The largest absolute Gasteiger partial charge is 0.679 e. The van der Waals surface area contributed by atoms with Crippen LogP contribution in [0.3, 0.4) is 0 Å². The quantitative estimate of drug-likeness (QED) is 0.449. The smallest absolute Gasteiger partial charge is 0.428 e. The van der Waals surface area contributed by atoms with Gasteiger partial charge in [0.1, 0.15) is 10.5 Å². The van der Waals surface area contributed by atoms with Crippen molar-refractivity contribution in [3.63, 3.8) is 0 Å². The van der Waals surface area contributed by atoms with Crippen molar-refractivity contribution < 1.29 is 22.1 Å². The molecule has 0 fully saturated rings. The molecule has 7 heteroatoms. The summed E-state index contributed by atoms with van der Waals surface area (Å²) in [6, 6.07) is 0. The first kappa shape index (κ1) is 24.5. The lowest BCUT2D eigenvalue weighted by Crippen LogP contribution is -2.50. The van der Waals surface area contributed by atoms with Crippen molar-refractivity contribution >= 4 is 19.5 Å². The predicted molar refractivity (Wildman–Crippen MR) is 96.9 cm³/mol. The Balaban J connectivity index is 0. The van der Waals surface area contributed by atoms with Gasteiger partial charge in [0.05, 0.1) is 0 Å². The molecule has 22 heavy (non-hydrogen) atoms. The van der Waals surface area contributed by atoms with Crippen LogP contribution in [0.1, 0.15) is 66.7 Å². The molecule has 0 spiro atoms. The Morgan fingerprint density at radius 2 is 0.818 bits per heavy atom. The summed E-state index contributed by atoms with van der Waals surface area (Å²) < 4.78 is 27.9.